The Kier molecular flexibility index (Phi) is 8.68. The number of ether oxygens (including phenoxy) is 1. The Morgan fingerprint density at radius 2 is 2.04 bits per heavy atom. The average molecular weight is 364 g/mol. The molecule has 0 bridgehead atoms. The van der Waals surface area contributed by atoms with Crippen molar-refractivity contribution in [3.63, 3.8) is 0 Å². The lowest BCUT2D eigenvalue weighted by molar-refractivity contribution is -0.142. The lowest BCUT2D eigenvalue weighted by Crippen LogP contribution is -2.45. The molecular weight excluding hydrogens is 332 g/mol. The molecule has 2 rings (SSSR count). The topological polar surface area (TPSA) is 63.0 Å². The van der Waals surface area contributed by atoms with Crippen LogP contribution in [0.3, 0.4) is 0 Å². The largest absolute Gasteiger partial charge is 0.467 e. The van der Waals surface area contributed by atoms with E-state index < -0.39 is 0 Å². The van der Waals surface area contributed by atoms with Gasteiger partial charge in [0.2, 0.25) is 11.8 Å². The van der Waals surface area contributed by atoms with Crippen LogP contribution < -0.4 is 0 Å². The van der Waals surface area contributed by atoms with Gasteiger partial charge in [-0.1, -0.05) is 20.3 Å². The van der Waals surface area contributed by atoms with Crippen LogP contribution in [0, 0.1) is 0 Å². The van der Waals surface area contributed by atoms with Crippen LogP contribution in [0.15, 0.2) is 22.8 Å². The minimum absolute atomic E-state index is 0.0440. The zero-order valence-corrected chi connectivity index (χ0v) is 16.1. The number of hydrogen-bond donors (Lipinski definition) is 0. The van der Waals surface area contributed by atoms with Crippen LogP contribution in [0.2, 0.25) is 0 Å². The Hall–Kier alpha value is -1.82. The van der Waals surface area contributed by atoms with Gasteiger partial charge < -0.3 is 19.0 Å². The highest BCUT2D eigenvalue weighted by Crippen LogP contribution is 2.16. The van der Waals surface area contributed by atoms with Crippen molar-refractivity contribution in [1.29, 1.82) is 0 Å². The van der Waals surface area contributed by atoms with Gasteiger partial charge >= 0.3 is 0 Å². The number of unbranched alkanes of at least 4 members (excludes halogenated alkanes) is 1. The summed E-state index contributed by atoms with van der Waals surface area (Å²) in [5.74, 6) is 0.762. The Balaban J connectivity index is 2.02. The maximum Gasteiger partial charge on any atom is 0.242 e. The molecule has 1 saturated heterocycles. The summed E-state index contributed by atoms with van der Waals surface area (Å²) < 4.78 is 11.1. The van der Waals surface area contributed by atoms with E-state index in [1.165, 1.54) is 0 Å². The molecule has 2 heterocycles. The number of carbonyl (C=O) groups is 2. The van der Waals surface area contributed by atoms with E-state index in [1.54, 1.807) is 16.1 Å². The van der Waals surface area contributed by atoms with Crippen molar-refractivity contribution in [1.82, 2.24) is 9.80 Å². The lowest BCUT2D eigenvalue weighted by atomic mass is 10.2. The molecule has 0 radical (unpaired) electrons. The standard InChI is InChI=1S/C20H32N2O4/c1-3-5-11-21(19(23)8-4-2)16-20(24)22(14-17-9-6-12-25-17)15-18-10-7-13-26-18/h6,9,12,18H,3-5,7-8,10-11,13-16H2,1-2H3. The Labute approximate surface area is 156 Å². The quantitative estimate of drug-likeness (QED) is 0.605. The summed E-state index contributed by atoms with van der Waals surface area (Å²) >= 11 is 0. The zero-order valence-electron chi connectivity index (χ0n) is 16.1. The molecule has 0 saturated carbocycles. The summed E-state index contributed by atoms with van der Waals surface area (Å²) in [5.41, 5.74) is 0. The van der Waals surface area contributed by atoms with Crippen molar-refractivity contribution in [3.05, 3.63) is 24.2 Å². The van der Waals surface area contributed by atoms with Crippen LogP contribution in [-0.2, 0) is 20.9 Å². The molecule has 0 aromatic carbocycles. The van der Waals surface area contributed by atoms with Crippen LogP contribution in [0.4, 0.5) is 0 Å². The van der Waals surface area contributed by atoms with E-state index in [0.717, 1.165) is 44.5 Å². The normalized spacial score (nSPS) is 16.6. The summed E-state index contributed by atoms with van der Waals surface area (Å²) in [6.07, 6.45) is 6.87. The molecule has 0 spiro atoms. The third-order valence-electron chi connectivity index (χ3n) is 4.65. The first-order valence-corrected chi connectivity index (χ1v) is 9.83. The smallest absolute Gasteiger partial charge is 0.242 e. The molecule has 6 heteroatoms. The predicted molar refractivity (Wildman–Crippen MR) is 99.5 cm³/mol. The van der Waals surface area contributed by atoms with E-state index in [2.05, 4.69) is 6.92 Å². The second-order valence-corrected chi connectivity index (χ2v) is 6.91. The van der Waals surface area contributed by atoms with Crippen LogP contribution >= 0.6 is 0 Å². The number of nitrogens with zero attached hydrogens (tertiary/aromatic N) is 2. The molecule has 0 aliphatic carbocycles. The molecule has 1 unspecified atom stereocenters. The molecule has 26 heavy (non-hydrogen) atoms. The minimum Gasteiger partial charge on any atom is -0.467 e. The Morgan fingerprint density at radius 1 is 1.19 bits per heavy atom. The fourth-order valence-electron chi connectivity index (χ4n) is 3.16. The van der Waals surface area contributed by atoms with Gasteiger partial charge in [-0.25, -0.2) is 0 Å². The predicted octanol–water partition coefficient (Wildman–Crippen LogP) is 3.22. The van der Waals surface area contributed by atoms with E-state index in [4.69, 9.17) is 9.15 Å². The number of amides is 2. The number of rotatable bonds is 11. The van der Waals surface area contributed by atoms with Crippen LogP contribution in [0.1, 0.15) is 58.1 Å². The first-order valence-electron chi connectivity index (χ1n) is 9.83. The maximum absolute atomic E-state index is 13.0. The van der Waals surface area contributed by atoms with Gasteiger partial charge in [0, 0.05) is 26.1 Å². The second kappa shape index (κ2) is 11.0. The molecule has 2 amide bonds. The Bertz CT molecular complexity index is 538. The van der Waals surface area contributed by atoms with E-state index in [0.29, 0.717) is 26.1 Å². The van der Waals surface area contributed by atoms with Crippen molar-refractivity contribution in [2.75, 3.05) is 26.2 Å². The summed E-state index contributed by atoms with van der Waals surface area (Å²) in [6, 6.07) is 3.69. The van der Waals surface area contributed by atoms with Gasteiger partial charge in [-0.15, -0.1) is 0 Å². The van der Waals surface area contributed by atoms with Crippen LogP contribution in [0.25, 0.3) is 0 Å². The van der Waals surface area contributed by atoms with Gasteiger partial charge in [0.05, 0.1) is 25.5 Å². The highest BCUT2D eigenvalue weighted by atomic mass is 16.5. The molecule has 0 N–H and O–H groups in total. The van der Waals surface area contributed by atoms with Crippen molar-refractivity contribution in [3.8, 4) is 0 Å². The van der Waals surface area contributed by atoms with Gasteiger partial charge in [0.15, 0.2) is 0 Å². The highest BCUT2D eigenvalue weighted by molar-refractivity contribution is 5.84. The molecule has 1 aliphatic rings. The molecule has 6 nitrogen and oxygen atoms in total. The van der Waals surface area contributed by atoms with Gasteiger partial charge in [0.25, 0.3) is 0 Å². The van der Waals surface area contributed by atoms with Gasteiger partial charge in [0.1, 0.15) is 5.76 Å². The van der Waals surface area contributed by atoms with Crippen molar-refractivity contribution < 1.29 is 18.7 Å². The molecule has 1 aliphatic heterocycles. The van der Waals surface area contributed by atoms with E-state index in [-0.39, 0.29) is 24.5 Å². The number of hydrogen-bond acceptors (Lipinski definition) is 4. The fourth-order valence-corrected chi connectivity index (χ4v) is 3.16. The molecule has 146 valence electrons. The van der Waals surface area contributed by atoms with Crippen LogP contribution in [0.5, 0.6) is 0 Å². The van der Waals surface area contributed by atoms with E-state index >= 15 is 0 Å². The number of carbonyl (C=O) groups excluding carboxylic acids is 2. The third kappa shape index (κ3) is 6.48. The monoisotopic (exact) mass is 364 g/mol. The van der Waals surface area contributed by atoms with Gasteiger partial charge in [-0.2, -0.15) is 0 Å². The fraction of sp³-hybridized carbons (Fsp3) is 0.700. The summed E-state index contributed by atoms with van der Waals surface area (Å²) in [4.78, 5) is 28.8. The van der Waals surface area contributed by atoms with E-state index in [1.807, 2.05) is 19.1 Å². The molecule has 1 fully saturated rings. The Morgan fingerprint density at radius 3 is 2.65 bits per heavy atom. The van der Waals surface area contributed by atoms with Crippen molar-refractivity contribution >= 4 is 11.8 Å². The second-order valence-electron chi connectivity index (χ2n) is 6.91. The maximum atomic E-state index is 13.0. The summed E-state index contributed by atoms with van der Waals surface area (Å²) in [6.45, 7) is 6.55. The lowest BCUT2D eigenvalue weighted by Gasteiger charge is -2.28. The first kappa shape index (κ1) is 20.5. The van der Waals surface area contributed by atoms with E-state index in [9.17, 15) is 9.59 Å². The summed E-state index contributed by atoms with van der Waals surface area (Å²) in [7, 11) is 0. The number of furan rings is 1. The molecule has 1 atom stereocenters. The minimum atomic E-state index is -0.0440. The average Bonchev–Trinajstić information content (AvgIpc) is 3.32. The van der Waals surface area contributed by atoms with Crippen molar-refractivity contribution in [2.24, 2.45) is 0 Å². The van der Waals surface area contributed by atoms with Crippen molar-refractivity contribution in [2.45, 2.75) is 65.0 Å². The van der Waals surface area contributed by atoms with Crippen LogP contribution in [-0.4, -0.2) is 54.0 Å². The zero-order chi connectivity index (χ0) is 18.8. The summed E-state index contributed by atoms with van der Waals surface area (Å²) in [5, 5.41) is 0. The third-order valence-corrected chi connectivity index (χ3v) is 4.65. The highest BCUT2D eigenvalue weighted by Gasteiger charge is 2.25. The molecular formula is C20H32N2O4. The van der Waals surface area contributed by atoms with Gasteiger partial charge in [-0.05, 0) is 37.8 Å². The van der Waals surface area contributed by atoms with Gasteiger partial charge in [-0.3, -0.25) is 9.59 Å². The first-order chi connectivity index (χ1) is 12.6. The molecule has 1 aromatic rings. The molecule has 1 aromatic heterocycles. The SMILES string of the molecule is CCCCN(CC(=O)N(Cc1ccco1)CC1CCCO1)C(=O)CCC.